The van der Waals surface area contributed by atoms with Crippen molar-refractivity contribution in [1.82, 2.24) is 0 Å². The van der Waals surface area contributed by atoms with E-state index in [1.165, 1.54) is 0 Å². The number of hydrogen-bond donors (Lipinski definition) is 0. The molecule has 0 radical (unpaired) electrons. The minimum Gasteiger partial charge on any atom is -0.497 e. The van der Waals surface area contributed by atoms with Gasteiger partial charge in [0.15, 0.2) is 5.76 Å². The smallest absolute Gasteiger partial charge is 0.312 e. The van der Waals surface area contributed by atoms with Gasteiger partial charge in [-0.15, -0.1) is 0 Å². The molecule has 2 aromatic rings. The number of Topliss-reactive ketones (excluding diaryl/α,β-unsaturated/α-hetero) is 1. The highest BCUT2D eigenvalue weighted by molar-refractivity contribution is 6.13. The first-order valence-electron chi connectivity index (χ1n) is 8.94. The van der Waals surface area contributed by atoms with Crippen LogP contribution in [0.25, 0.3) is 0 Å². The third kappa shape index (κ3) is 2.72. The summed E-state index contributed by atoms with van der Waals surface area (Å²) in [6, 6.07) is 8.75. The maximum atomic E-state index is 12.7. The summed E-state index contributed by atoms with van der Waals surface area (Å²) < 4.78 is 22.2. The van der Waals surface area contributed by atoms with E-state index >= 15 is 0 Å². The van der Waals surface area contributed by atoms with Crippen molar-refractivity contribution in [2.75, 3.05) is 14.2 Å². The van der Waals surface area contributed by atoms with Crippen molar-refractivity contribution in [3.05, 3.63) is 58.4 Å². The molecule has 2 aromatic carbocycles. The number of methoxy groups -OCH3 is 2. The van der Waals surface area contributed by atoms with Crippen molar-refractivity contribution in [3.8, 4) is 23.0 Å². The molecule has 0 aliphatic carbocycles. The van der Waals surface area contributed by atoms with Crippen LogP contribution in [0.15, 0.2) is 41.7 Å². The number of fused-ring (bicyclic) bond motifs is 3. The topological polar surface area (TPSA) is 71.1 Å². The number of carbonyl (C=O) groups is 2. The Morgan fingerprint density at radius 1 is 1.04 bits per heavy atom. The highest BCUT2D eigenvalue weighted by Gasteiger charge is 2.39. The van der Waals surface area contributed by atoms with Gasteiger partial charge in [0.05, 0.1) is 26.2 Å². The van der Waals surface area contributed by atoms with E-state index < -0.39 is 0 Å². The van der Waals surface area contributed by atoms with Gasteiger partial charge in [-0.25, -0.2) is 0 Å². The van der Waals surface area contributed by atoms with Crippen LogP contribution in [-0.4, -0.2) is 26.0 Å². The van der Waals surface area contributed by atoms with E-state index in [9.17, 15) is 9.59 Å². The first kappa shape index (κ1) is 18.1. The summed E-state index contributed by atoms with van der Waals surface area (Å²) in [6.45, 7) is 3.66. The molecular formula is C22H20O6. The zero-order valence-electron chi connectivity index (χ0n) is 16.1. The van der Waals surface area contributed by atoms with Crippen molar-refractivity contribution >= 4 is 11.8 Å². The lowest BCUT2D eigenvalue weighted by Gasteiger charge is -2.27. The van der Waals surface area contributed by atoms with Crippen molar-refractivity contribution in [2.45, 2.75) is 26.2 Å². The molecule has 2 heterocycles. The van der Waals surface area contributed by atoms with Gasteiger partial charge >= 0.3 is 5.97 Å². The van der Waals surface area contributed by atoms with E-state index in [0.29, 0.717) is 39.9 Å². The summed E-state index contributed by atoms with van der Waals surface area (Å²) in [5, 5.41) is 0. The van der Waals surface area contributed by atoms with Gasteiger partial charge in [0.1, 0.15) is 23.0 Å². The summed E-state index contributed by atoms with van der Waals surface area (Å²) in [5.41, 5.74) is 2.76. The SMILES string of the molecule is COc1ccc([C@@H]2CC(=O)Oc3ccc4c(c32)OC(=C(C)C)C4=O)c(OC)c1. The highest BCUT2D eigenvalue weighted by atomic mass is 16.5. The Kier molecular flexibility index (Phi) is 4.34. The Morgan fingerprint density at radius 2 is 1.82 bits per heavy atom. The number of allylic oxidation sites excluding steroid dienone is 2. The molecule has 144 valence electrons. The molecular weight excluding hydrogens is 360 g/mol. The van der Waals surface area contributed by atoms with Crippen molar-refractivity contribution in [1.29, 1.82) is 0 Å². The van der Waals surface area contributed by atoms with Gasteiger partial charge in [0, 0.05) is 23.1 Å². The van der Waals surface area contributed by atoms with Crippen molar-refractivity contribution in [2.24, 2.45) is 0 Å². The van der Waals surface area contributed by atoms with Crippen LogP contribution in [0.2, 0.25) is 0 Å². The largest absolute Gasteiger partial charge is 0.497 e. The van der Waals surface area contributed by atoms with Crippen LogP contribution < -0.4 is 18.9 Å². The molecule has 0 unspecified atom stereocenters. The summed E-state index contributed by atoms with van der Waals surface area (Å²) in [7, 11) is 3.14. The van der Waals surface area contributed by atoms with Crippen molar-refractivity contribution < 1.29 is 28.5 Å². The summed E-state index contributed by atoms with van der Waals surface area (Å²) in [6.07, 6.45) is 0.119. The van der Waals surface area contributed by atoms with E-state index in [1.807, 2.05) is 26.0 Å². The minimum absolute atomic E-state index is 0.119. The number of esters is 1. The molecule has 0 N–H and O–H groups in total. The number of hydrogen-bond acceptors (Lipinski definition) is 6. The monoisotopic (exact) mass is 380 g/mol. The third-order valence-electron chi connectivity index (χ3n) is 5.02. The average molecular weight is 380 g/mol. The second-order valence-corrected chi connectivity index (χ2v) is 6.95. The van der Waals surface area contributed by atoms with Crippen LogP contribution in [0.4, 0.5) is 0 Å². The summed E-state index contributed by atoms with van der Waals surface area (Å²) in [5.74, 6) is 1.55. The van der Waals surface area contributed by atoms with Crippen LogP contribution in [0.1, 0.15) is 47.7 Å². The molecule has 0 saturated carbocycles. The molecule has 0 amide bonds. The molecule has 6 nitrogen and oxygen atoms in total. The number of ether oxygens (including phenoxy) is 4. The number of rotatable bonds is 3. The molecule has 4 rings (SSSR count). The summed E-state index contributed by atoms with van der Waals surface area (Å²) >= 11 is 0. The van der Waals surface area contributed by atoms with Crippen LogP contribution in [0.5, 0.6) is 23.0 Å². The summed E-state index contributed by atoms with van der Waals surface area (Å²) in [4.78, 5) is 25.0. The van der Waals surface area contributed by atoms with Crippen LogP contribution >= 0.6 is 0 Å². The molecule has 2 aliphatic rings. The van der Waals surface area contributed by atoms with Crippen molar-refractivity contribution in [3.63, 3.8) is 0 Å². The Bertz CT molecular complexity index is 1030. The zero-order valence-corrected chi connectivity index (χ0v) is 16.1. The molecule has 28 heavy (non-hydrogen) atoms. The maximum Gasteiger partial charge on any atom is 0.312 e. The molecule has 6 heteroatoms. The number of carbonyl (C=O) groups excluding carboxylic acids is 2. The van der Waals surface area contributed by atoms with Gasteiger partial charge in [0.25, 0.3) is 0 Å². The lowest BCUT2D eigenvalue weighted by atomic mass is 9.84. The zero-order chi connectivity index (χ0) is 20.0. The van der Waals surface area contributed by atoms with Gasteiger partial charge in [-0.2, -0.15) is 0 Å². The maximum absolute atomic E-state index is 12.7. The van der Waals surface area contributed by atoms with E-state index in [1.54, 1.807) is 32.4 Å². The Hall–Kier alpha value is -3.28. The lowest BCUT2D eigenvalue weighted by Crippen LogP contribution is -2.22. The standard InChI is InChI=1S/C22H20O6/c1-11(2)21-20(24)14-7-8-16-19(22(14)28-21)15(10-18(23)27-16)13-6-5-12(25-3)9-17(13)26-4/h5-9,15H,10H2,1-4H3/t15-/m0/s1. The fourth-order valence-electron chi connectivity index (χ4n) is 3.69. The average Bonchev–Trinajstić information content (AvgIpc) is 3.03. The molecule has 0 fully saturated rings. The third-order valence-corrected chi connectivity index (χ3v) is 5.02. The van der Waals surface area contributed by atoms with E-state index in [0.717, 1.165) is 11.1 Å². The molecule has 0 saturated heterocycles. The fourth-order valence-corrected chi connectivity index (χ4v) is 3.69. The number of ketones is 1. The van der Waals surface area contributed by atoms with Gasteiger partial charge in [-0.3, -0.25) is 9.59 Å². The fraction of sp³-hybridized carbons (Fsp3) is 0.273. The molecule has 1 atom stereocenters. The number of benzene rings is 2. The minimum atomic E-state index is -0.364. The van der Waals surface area contributed by atoms with Crippen LogP contribution in [0.3, 0.4) is 0 Å². The van der Waals surface area contributed by atoms with E-state index in [2.05, 4.69) is 0 Å². The Labute approximate surface area is 162 Å². The second-order valence-electron chi connectivity index (χ2n) is 6.95. The van der Waals surface area contributed by atoms with Gasteiger partial charge < -0.3 is 18.9 Å². The second kappa shape index (κ2) is 6.71. The predicted octanol–water partition coefficient (Wildman–Crippen LogP) is 4.01. The first-order chi connectivity index (χ1) is 13.4. The van der Waals surface area contributed by atoms with Crippen LogP contribution in [0, 0.1) is 0 Å². The molecule has 2 aliphatic heterocycles. The molecule has 0 aromatic heterocycles. The van der Waals surface area contributed by atoms with E-state index in [-0.39, 0.29) is 24.1 Å². The molecule has 0 spiro atoms. The Balaban J connectivity index is 1.92. The quantitative estimate of drug-likeness (QED) is 0.455. The van der Waals surface area contributed by atoms with E-state index in [4.69, 9.17) is 18.9 Å². The first-order valence-corrected chi connectivity index (χ1v) is 8.94. The van der Waals surface area contributed by atoms with Gasteiger partial charge in [0.2, 0.25) is 5.78 Å². The predicted molar refractivity (Wildman–Crippen MR) is 101 cm³/mol. The van der Waals surface area contributed by atoms with Crippen LogP contribution in [-0.2, 0) is 4.79 Å². The Morgan fingerprint density at radius 3 is 2.50 bits per heavy atom. The highest BCUT2D eigenvalue weighted by Crippen LogP contribution is 2.50. The molecule has 0 bridgehead atoms. The van der Waals surface area contributed by atoms with Gasteiger partial charge in [-0.1, -0.05) is 6.07 Å². The lowest BCUT2D eigenvalue weighted by molar-refractivity contribution is -0.135. The normalized spacial score (nSPS) is 17.4. The van der Waals surface area contributed by atoms with Gasteiger partial charge in [-0.05, 0) is 37.6 Å².